The number of hydrogen-bond acceptors (Lipinski definition) is 5. The largest absolute Gasteiger partial charge is 0.486 e. The standard InChI is InChI=1S/C20H23N3O3/c24-20(17-6-1-7-18-19(17)26-11-10-25-18)22-16-5-3-9-23(14-16)13-15-4-2-8-21-12-15/h1-2,4,6-8,12,16H,3,5,9-11,13-14H2,(H,22,24)/t16-/m1/s1. The molecule has 1 aromatic heterocycles. The van der Waals surface area contributed by atoms with Gasteiger partial charge in [-0.1, -0.05) is 12.1 Å². The highest BCUT2D eigenvalue weighted by Crippen LogP contribution is 2.33. The Kier molecular flexibility index (Phi) is 5.02. The van der Waals surface area contributed by atoms with Crippen molar-refractivity contribution in [1.82, 2.24) is 15.2 Å². The highest BCUT2D eigenvalue weighted by molar-refractivity contribution is 5.98. The SMILES string of the molecule is O=C(N[C@@H]1CCCN(Cc2cccnc2)C1)c1cccc2c1OCCO2. The van der Waals surface area contributed by atoms with Crippen LogP contribution in [0.5, 0.6) is 11.5 Å². The van der Waals surface area contributed by atoms with E-state index in [1.165, 1.54) is 5.56 Å². The van der Waals surface area contributed by atoms with Crippen molar-refractivity contribution in [2.45, 2.75) is 25.4 Å². The van der Waals surface area contributed by atoms with Crippen molar-refractivity contribution in [3.8, 4) is 11.5 Å². The lowest BCUT2D eigenvalue weighted by Gasteiger charge is -2.33. The fourth-order valence-electron chi connectivity index (χ4n) is 3.58. The minimum absolute atomic E-state index is 0.0967. The summed E-state index contributed by atoms with van der Waals surface area (Å²) in [6, 6.07) is 9.63. The molecule has 136 valence electrons. The van der Waals surface area contributed by atoms with Gasteiger partial charge in [0, 0.05) is 31.5 Å². The molecule has 0 radical (unpaired) electrons. The summed E-state index contributed by atoms with van der Waals surface area (Å²) in [5, 5.41) is 3.17. The Bertz CT molecular complexity index is 766. The Hall–Kier alpha value is -2.60. The third kappa shape index (κ3) is 3.80. The van der Waals surface area contributed by atoms with Gasteiger partial charge in [0.1, 0.15) is 13.2 Å². The fraction of sp³-hybridized carbons (Fsp3) is 0.400. The maximum Gasteiger partial charge on any atom is 0.255 e. The number of carbonyl (C=O) groups is 1. The van der Waals surface area contributed by atoms with Gasteiger partial charge >= 0.3 is 0 Å². The van der Waals surface area contributed by atoms with Crippen LogP contribution in [0.15, 0.2) is 42.7 Å². The van der Waals surface area contributed by atoms with Crippen LogP contribution in [0.1, 0.15) is 28.8 Å². The molecule has 4 rings (SSSR count). The molecule has 1 atom stereocenters. The molecule has 6 nitrogen and oxygen atoms in total. The van der Waals surface area contributed by atoms with Crippen molar-refractivity contribution < 1.29 is 14.3 Å². The zero-order chi connectivity index (χ0) is 17.8. The van der Waals surface area contributed by atoms with Gasteiger partial charge < -0.3 is 14.8 Å². The van der Waals surface area contributed by atoms with Gasteiger partial charge in [0.15, 0.2) is 11.5 Å². The van der Waals surface area contributed by atoms with E-state index < -0.39 is 0 Å². The second-order valence-corrected chi connectivity index (χ2v) is 6.74. The Balaban J connectivity index is 1.40. The molecular weight excluding hydrogens is 330 g/mol. The predicted molar refractivity (Wildman–Crippen MR) is 97.4 cm³/mol. The van der Waals surface area contributed by atoms with Crippen molar-refractivity contribution >= 4 is 5.91 Å². The lowest BCUT2D eigenvalue weighted by molar-refractivity contribution is 0.0890. The molecule has 0 spiro atoms. The predicted octanol–water partition coefficient (Wildman–Crippen LogP) is 2.25. The minimum atomic E-state index is -0.0967. The Morgan fingerprint density at radius 2 is 2.15 bits per heavy atom. The summed E-state index contributed by atoms with van der Waals surface area (Å²) in [4.78, 5) is 19.3. The number of nitrogens with zero attached hydrogens (tertiary/aromatic N) is 2. The number of likely N-dealkylation sites (tertiary alicyclic amines) is 1. The number of fused-ring (bicyclic) bond motifs is 1. The van der Waals surface area contributed by atoms with Crippen molar-refractivity contribution in [3.05, 3.63) is 53.9 Å². The van der Waals surface area contributed by atoms with Crippen LogP contribution >= 0.6 is 0 Å². The number of piperidine rings is 1. The Morgan fingerprint density at radius 3 is 3.04 bits per heavy atom. The average molecular weight is 353 g/mol. The summed E-state index contributed by atoms with van der Waals surface area (Å²) in [7, 11) is 0. The lowest BCUT2D eigenvalue weighted by Crippen LogP contribution is -2.47. The van der Waals surface area contributed by atoms with E-state index in [1.54, 1.807) is 12.3 Å². The van der Waals surface area contributed by atoms with Crippen molar-refractivity contribution in [1.29, 1.82) is 0 Å². The van der Waals surface area contributed by atoms with E-state index in [0.717, 1.165) is 32.5 Å². The first kappa shape index (κ1) is 16.8. The molecule has 26 heavy (non-hydrogen) atoms. The molecule has 6 heteroatoms. The van der Waals surface area contributed by atoms with Gasteiger partial charge in [0.2, 0.25) is 0 Å². The quantitative estimate of drug-likeness (QED) is 0.913. The van der Waals surface area contributed by atoms with Crippen LogP contribution in [0.4, 0.5) is 0 Å². The summed E-state index contributed by atoms with van der Waals surface area (Å²) in [6.07, 6.45) is 5.74. The van der Waals surface area contributed by atoms with Gasteiger partial charge in [-0.15, -0.1) is 0 Å². The molecule has 1 amide bonds. The number of aromatic nitrogens is 1. The van der Waals surface area contributed by atoms with Crippen molar-refractivity contribution in [3.63, 3.8) is 0 Å². The van der Waals surface area contributed by atoms with E-state index in [9.17, 15) is 4.79 Å². The number of hydrogen-bond donors (Lipinski definition) is 1. The Morgan fingerprint density at radius 1 is 1.23 bits per heavy atom. The first-order valence-corrected chi connectivity index (χ1v) is 9.10. The molecule has 2 aliphatic rings. The fourth-order valence-corrected chi connectivity index (χ4v) is 3.58. The molecule has 1 aromatic carbocycles. The van der Waals surface area contributed by atoms with Crippen LogP contribution in [0.3, 0.4) is 0 Å². The minimum Gasteiger partial charge on any atom is -0.486 e. The number of benzene rings is 1. The van der Waals surface area contributed by atoms with E-state index in [0.29, 0.717) is 30.3 Å². The van der Waals surface area contributed by atoms with Crippen molar-refractivity contribution in [2.24, 2.45) is 0 Å². The lowest BCUT2D eigenvalue weighted by atomic mass is 10.0. The monoisotopic (exact) mass is 353 g/mol. The molecule has 3 heterocycles. The number of pyridine rings is 1. The molecule has 0 bridgehead atoms. The van der Waals surface area contributed by atoms with Crippen LogP contribution < -0.4 is 14.8 Å². The van der Waals surface area contributed by atoms with E-state index in [4.69, 9.17) is 9.47 Å². The number of rotatable bonds is 4. The van der Waals surface area contributed by atoms with Gasteiger partial charge in [-0.2, -0.15) is 0 Å². The molecular formula is C20H23N3O3. The number of carbonyl (C=O) groups excluding carboxylic acids is 1. The van der Waals surface area contributed by atoms with Crippen LogP contribution in [0, 0.1) is 0 Å². The third-order valence-electron chi connectivity index (χ3n) is 4.78. The second-order valence-electron chi connectivity index (χ2n) is 6.74. The maximum absolute atomic E-state index is 12.8. The second kappa shape index (κ2) is 7.74. The van der Waals surface area contributed by atoms with E-state index in [-0.39, 0.29) is 11.9 Å². The van der Waals surface area contributed by atoms with Gasteiger partial charge in [0.05, 0.1) is 5.56 Å². The summed E-state index contributed by atoms with van der Waals surface area (Å²) in [5.41, 5.74) is 1.74. The molecule has 2 aliphatic heterocycles. The van der Waals surface area contributed by atoms with Gasteiger partial charge in [-0.3, -0.25) is 14.7 Å². The van der Waals surface area contributed by atoms with Crippen LogP contribution in [-0.4, -0.2) is 48.1 Å². The highest BCUT2D eigenvalue weighted by atomic mass is 16.6. The number of ether oxygens (including phenoxy) is 2. The molecule has 1 saturated heterocycles. The van der Waals surface area contributed by atoms with E-state index >= 15 is 0 Å². The number of amides is 1. The van der Waals surface area contributed by atoms with E-state index in [2.05, 4.69) is 21.3 Å². The summed E-state index contributed by atoms with van der Waals surface area (Å²) in [5.74, 6) is 1.10. The maximum atomic E-state index is 12.8. The Labute approximate surface area is 153 Å². The molecule has 1 N–H and O–H groups in total. The van der Waals surface area contributed by atoms with Crippen LogP contribution in [-0.2, 0) is 6.54 Å². The molecule has 0 aliphatic carbocycles. The van der Waals surface area contributed by atoms with E-state index in [1.807, 2.05) is 24.4 Å². The third-order valence-corrected chi connectivity index (χ3v) is 4.78. The average Bonchev–Trinajstić information content (AvgIpc) is 2.68. The topological polar surface area (TPSA) is 63.7 Å². The van der Waals surface area contributed by atoms with Gasteiger partial charge in [-0.25, -0.2) is 0 Å². The first-order chi connectivity index (χ1) is 12.8. The van der Waals surface area contributed by atoms with Gasteiger partial charge in [-0.05, 0) is 43.1 Å². The van der Waals surface area contributed by atoms with Crippen LogP contribution in [0.2, 0.25) is 0 Å². The number of para-hydroxylation sites is 1. The number of nitrogens with one attached hydrogen (secondary N) is 1. The van der Waals surface area contributed by atoms with Gasteiger partial charge in [0.25, 0.3) is 5.91 Å². The summed E-state index contributed by atoms with van der Waals surface area (Å²) >= 11 is 0. The molecule has 1 fully saturated rings. The van der Waals surface area contributed by atoms with Crippen molar-refractivity contribution in [2.75, 3.05) is 26.3 Å². The first-order valence-electron chi connectivity index (χ1n) is 9.10. The molecule has 2 aromatic rings. The summed E-state index contributed by atoms with van der Waals surface area (Å²) in [6.45, 7) is 3.73. The zero-order valence-electron chi connectivity index (χ0n) is 14.7. The summed E-state index contributed by atoms with van der Waals surface area (Å²) < 4.78 is 11.2. The zero-order valence-corrected chi connectivity index (χ0v) is 14.7. The normalized spacial score (nSPS) is 19.8. The smallest absolute Gasteiger partial charge is 0.255 e. The van der Waals surface area contributed by atoms with Crippen LogP contribution in [0.25, 0.3) is 0 Å². The highest BCUT2D eigenvalue weighted by Gasteiger charge is 2.25. The molecule has 0 unspecified atom stereocenters. The molecule has 0 saturated carbocycles.